The summed E-state index contributed by atoms with van der Waals surface area (Å²) < 4.78 is 20.4. The predicted molar refractivity (Wildman–Crippen MR) is 119 cm³/mol. The van der Waals surface area contributed by atoms with Crippen LogP contribution in [-0.4, -0.2) is 22.8 Å². The van der Waals surface area contributed by atoms with Crippen molar-refractivity contribution in [3.63, 3.8) is 0 Å². The largest absolute Gasteiger partial charge is 0.497 e. The minimum absolute atomic E-state index is 0.118. The molecule has 1 heterocycles. The molecule has 1 amide bonds. The second-order valence-corrected chi connectivity index (χ2v) is 7.29. The van der Waals surface area contributed by atoms with Crippen LogP contribution in [0.4, 0.5) is 10.1 Å². The first-order valence-electron chi connectivity index (χ1n) is 9.55. The summed E-state index contributed by atoms with van der Waals surface area (Å²) in [5, 5.41) is 7.52. The summed E-state index contributed by atoms with van der Waals surface area (Å²) in [6, 6.07) is 21.0. The van der Waals surface area contributed by atoms with Crippen LogP contribution in [0.1, 0.15) is 15.9 Å². The molecule has 4 rings (SSSR count). The lowest BCUT2D eigenvalue weighted by Crippen LogP contribution is -2.12. The molecular formula is C24H19ClFN3O2. The number of hydrogen-bond donors (Lipinski definition) is 1. The fourth-order valence-electron chi connectivity index (χ4n) is 3.20. The minimum atomic E-state index is -0.476. The summed E-state index contributed by atoms with van der Waals surface area (Å²) in [4.78, 5) is 13.1. The minimum Gasteiger partial charge on any atom is -0.497 e. The smallest absolute Gasteiger partial charge is 0.259 e. The van der Waals surface area contributed by atoms with Crippen LogP contribution in [0.15, 0.2) is 79.0 Å². The van der Waals surface area contributed by atoms with Gasteiger partial charge in [0.2, 0.25) is 0 Å². The summed E-state index contributed by atoms with van der Waals surface area (Å²) in [6.45, 7) is 0.502. The average Bonchev–Trinajstić information content (AvgIpc) is 3.20. The first-order valence-corrected chi connectivity index (χ1v) is 9.93. The van der Waals surface area contributed by atoms with Gasteiger partial charge in [0, 0.05) is 11.8 Å². The third-order valence-corrected chi connectivity index (χ3v) is 5.03. The molecule has 156 valence electrons. The number of methoxy groups -OCH3 is 1. The van der Waals surface area contributed by atoms with Crippen LogP contribution in [0.5, 0.6) is 5.75 Å². The number of aromatic nitrogens is 2. The number of amides is 1. The summed E-state index contributed by atoms with van der Waals surface area (Å²) in [6.07, 6.45) is 1.69. The number of ether oxygens (including phenoxy) is 1. The van der Waals surface area contributed by atoms with E-state index in [9.17, 15) is 9.18 Å². The predicted octanol–water partition coefficient (Wildman–Crippen LogP) is 5.65. The zero-order chi connectivity index (χ0) is 21.8. The molecule has 5 nitrogen and oxygen atoms in total. The topological polar surface area (TPSA) is 56.2 Å². The van der Waals surface area contributed by atoms with Crippen molar-refractivity contribution in [1.29, 1.82) is 0 Å². The van der Waals surface area contributed by atoms with Crippen molar-refractivity contribution in [1.82, 2.24) is 9.78 Å². The fourth-order valence-corrected chi connectivity index (χ4v) is 3.42. The lowest BCUT2D eigenvalue weighted by molar-refractivity contribution is 0.102. The zero-order valence-electron chi connectivity index (χ0n) is 16.7. The number of halogens is 2. The van der Waals surface area contributed by atoms with Crippen molar-refractivity contribution in [2.75, 3.05) is 12.4 Å². The standard InChI is InChI=1S/C24H19ClFN3O2/c1-31-19-9-5-8-17(12-19)23-20(15-29(28-23)14-16-6-3-2-4-7-16)24(30)27-22-11-10-18(26)13-21(22)25/h2-13,15H,14H2,1H3,(H,27,30). The highest BCUT2D eigenvalue weighted by atomic mass is 35.5. The zero-order valence-corrected chi connectivity index (χ0v) is 17.4. The fraction of sp³-hybridized carbons (Fsp3) is 0.0833. The number of anilines is 1. The van der Waals surface area contributed by atoms with Gasteiger partial charge in [0.1, 0.15) is 17.3 Å². The van der Waals surface area contributed by atoms with E-state index in [1.54, 1.807) is 18.0 Å². The van der Waals surface area contributed by atoms with Gasteiger partial charge in [-0.25, -0.2) is 4.39 Å². The molecule has 0 spiro atoms. The Bertz CT molecular complexity index is 1220. The van der Waals surface area contributed by atoms with Gasteiger partial charge in [0.25, 0.3) is 5.91 Å². The Balaban J connectivity index is 1.72. The number of nitrogens with zero attached hydrogens (tertiary/aromatic N) is 2. The molecule has 0 saturated carbocycles. The molecule has 0 bridgehead atoms. The molecule has 3 aromatic carbocycles. The van der Waals surface area contributed by atoms with Crippen molar-refractivity contribution in [2.45, 2.75) is 6.54 Å². The Morgan fingerprint density at radius 1 is 1.10 bits per heavy atom. The Morgan fingerprint density at radius 3 is 2.65 bits per heavy atom. The number of rotatable bonds is 6. The average molecular weight is 436 g/mol. The molecule has 0 fully saturated rings. The van der Waals surface area contributed by atoms with Crippen LogP contribution in [-0.2, 0) is 6.54 Å². The maximum atomic E-state index is 13.4. The highest BCUT2D eigenvalue weighted by molar-refractivity contribution is 6.34. The van der Waals surface area contributed by atoms with Crippen LogP contribution < -0.4 is 10.1 Å². The van der Waals surface area contributed by atoms with Crippen molar-refractivity contribution in [2.24, 2.45) is 0 Å². The molecule has 0 aliphatic rings. The molecule has 1 N–H and O–H groups in total. The van der Waals surface area contributed by atoms with Gasteiger partial charge < -0.3 is 10.1 Å². The molecule has 4 aromatic rings. The summed E-state index contributed by atoms with van der Waals surface area (Å²) in [5.41, 5.74) is 2.98. The number of benzene rings is 3. The van der Waals surface area contributed by atoms with Crippen molar-refractivity contribution < 1.29 is 13.9 Å². The maximum Gasteiger partial charge on any atom is 0.259 e. The van der Waals surface area contributed by atoms with Crippen molar-refractivity contribution in [3.8, 4) is 17.0 Å². The Kier molecular flexibility index (Phi) is 6.00. The van der Waals surface area contributed by atoms with Crippen molar-refractivity contribution >= 4 is 23.2 Å². The lowest BCUT2D eigenvalue weighted by atomic mass is 10.1. The van der Waals surface area contributed by atoms with Gasteiger partial charge in [-0.1, -0.05) is 54.1 Å². The summed E-state index contributed by atoms with van der Waals surface area (Å²) in [5.74, 6) is -0.218. The first kappa shape index (κ1) is 20.6. The highest BCUT2D eigenvalue weighted by Crippen LogP contribution is 2.28. The van der Waals surface area contributed by atoms with Crippen LogP contribution in [0.25, 0.3) is 11.3 Å². The van der Waals surface area contributed by atoms with Crippen LogP contribution in [0.2, 0.25) is 5.02 Å². The molecular weight excluding hydrogens is 417 g/mol. The molecule has 31 heavy (non-hydrogen) atoms. The van der Waals surface area contributed by atoms with Crippen molar-refractivity contribution in [3.05, 3.63) is 101 Å². The number of nitrogens with one attached hydrogen (secondary N) is 1. The molecule has 0 unspecified atom stereocenters. The quantitative estimate of drug-likeness (QED) is 0.425. The molecule has 1 aromatic heterocycles. The van der Waals surface area contributed by atoms with E-state index in [-0.39, 0.29) is 5.02 Å². The van der Waals surface area contributed by atoms with Crippen LogP contribution >= 0.6 is 11.6 Å². The van der Waals surface area contributed by atoms with E-state index in [4.69, 9.17) is 16.3 Å². The first-order chi connectivity index (χ1) is 15.0. The number of carbonyl (C=O) groups is 1. The second-order valence-electron chi connectivity index (χ2n) is 6.88. The molecule has 0 aliphatic carbocycles. The van der Waals surface area contributed by atoms with Gasteiger partial charge in [-0.2, -0.15) is 5.10 Å². The van der Waals surface area contributed by atoms with Gasteiger partial charge >= 0.3 is 0 Å². The Hall–Kier alpha value is -3.64. The Morgan fingerprint density at radius 2 is 1.90 bits per heavy atom. The van der Waals surface area contributed by atoms with Gasteiger partial charge in [0.05, 0.1) is 29.9 Å². The molecule has 0 atom stereocenters. The second kappa shape index (κ2) is 9.02. The highest BCUT2D eigenvalue weighted by Gasteiger charge is 2.20. The summed E-state index contributed by atoms with van der Waals surface area (Å²) >= 11 is 6.08. The molecule has 7 heteroatoms. The van der Waals surface area contributed by atoms with E-state index in [1.165, 1.54) is 12.1 Å². The number of hydrogen-bond acceptors (Lipinski definition) is 3. The third kappa shape index (κ3) is 4.75. The van der Waals surface area contributed by atoms with E-state index in [1.807, 2.05) is 54.6 Å². The van der Waals surface area contributed by atoms with Crippen LogP contribution in [0.3, 0.4) is 0 Å². The van der Waals surface area contributed by atoms with Crippen LogP contribution in [0, 0.1) is 5.82 Å². The normalized spacial score (nSPS) is 10.7. The van der Waals surface area contributed by atoms with E-state index in [0.717, 1.165) is 17.2 Å². The van der Waals surface area contributed by atoms with E-state index in [0.29, 0.717) is 29.2 Å². The van der Waals surface area contributed by atoms with Gasteiger partial charge in [-0.3, -0.25) is 9.48 Å². The van der Waals surface area contributed by atoms with Gasteiger partial charge in [-0.05, 0) is 35.9 Å². The monoisotopic (exact) mass is 435 g/mol. The molecule has 0 aliphatic heterocycles. The Labute approximate surface area is 184 Å². The van der Waals surface area contributed by atoms with E-state index >= 15 is 0 Å². The molecule has 0 radical (unpaired) electrons. The van der Waals surface area contributed by atoms with E-state index in [2.05, 4.69) is 10.4 Å². The van der Waals surface area contributed by atoms with E-state index < -0.39 is 11.7 Å². The third-order valence-electron chi connectivity index (χ3n) is 4.72. The van der Waals surface area contributed by atoms with Gasteiger partial charge in [-0.15, -0.1) is 0 Å². The maximum absolute atomic E-state index is 13.4. The lowest BCUT2D eigenvalue weighted by Gasteiger charge is -2.08. The van der Waals surface area contributed by atoms with Gasteiger partial charge in [0.15, 0.2) is 0 Å². The number of carbonyl (C=O) groups excluding carboxylic acids is 1. The SMILES string of the molecule is COc1cccc(-c2nn(Cc3ccccc3)cc2C(=O)Nc2ccc(F)cc2Cl)c1. The molecule has 0 saturated heterocycles. The summed E-state index contributed by atoms with van der Waals surface area (Å²) in [7, 11) is 1.58.